The summed E-state index contributed by atoms with van der Waals surface area (Å²) in [5.41, 5.74) is 3.00. The molecule has 0 fully saturated rings. The minimum Gasteiger partial charge on any atom is -0.508 e. The maximum Gasteiger partial charge on any atom is 0.256 e. The lowest BCUT2D eigenvalue weighted by Gasteiger charge is -2.14. The Balaban J connectivity index is 1.49. The highest BCUT2D eigenvalue weighted by atomic mass is 16.3. The lowest BCUT2D eigenvalue weighted by atomic mass is 9.95. The molecular formula is C29H25N3O4. The van der Waals surface area contributed by atoms with Crippen LogP contribution in [0, 0.1) is 0 Å². The van der Waals surface area contributed by atoms with Crippen LogP contribution in [0.25, 0.3) is 22.0 Å². The molecule has 0 radical (unpaired) electrons. The molecule has 36 heavy (non-hydrogen) atoms. The Morgan fingerprint density at radius 2 is 1.53 bits per heavy atom. The predicted molar refractivity (Wildman–Crippen MR) is 141 cm³/mol. The highest BCUT2D eigenvalue weighted by molar-refractivity contribution is 5.88. The Bertz CT molecular complexity index is 1600. The fourth-order valence-electron chi connectivity index (χ4n) is 4.32. The molecule has 0 saturated heterocycles. The SMILES string of the molecule is O=c1[nH]c(NCCc2ccc(O)c(O)c2)nc(-c2ccccc2)c1Cc1c(O)ccc2ccccc12. The first kappa shape index (κ1) is 23.0. The fourth-order valence-corrected chi connectivity index (χ4v) is 4.32. The van der Waals surface area contributed by atoms with E-state index < -0.39 is 0 Å². The summed E-state index contributed by atoms with van der Waals surface area (Å²) in [7, 11) is 0. The average Bonchev–Trinajstić information content (AvgIpc) is 2.89. The zero-order chi connectivity index (χ0) is 25.1. The molecule has 0 spiro atoms. The molecule has 5 N–H and O–H groups in total. The lowest BCUT2D eigenvalue weighted by molar-refractivity contribution is 0.403. The monoisotopic (exact) mass is 479 g/mol. The topological polar surface area (TPSA) is 118 Å². The number of nitrogens with one attached hydrogen (secondary N) is 2. The normalized spacial score (nSPS) is 11.0. The Kier molecular flexibility index (Phi) is 6.28. The van der Waals surface area contributed by atoms with Crippen LogP contribution in [0.1, 0.15) is 16.7 Å². The largest absolute Gasteiger partial charge is 0.508 e. The molecule has 1 heterocycles. The maximum atomic E-state index is 13.3. The van der Waals surface area contributed by atoms with E-state index in [-0.39, 0.29) is 29.2 Å². The van der Waals surface area contributed by atoms with Crippen molar-refractivity contribution in [2.75, 3.05) is 11.9 Å². The maximum absolute atomic E-state index is 13.3. The summed E-state index contributed by atoms with van der Waals surface area (Å²) in [6, 6.07) is 25.4. The Hall–Kier alpha value is -4.78. The average molecular weight is 480 g/mol. The number of hydrogen-bond donors (Lipinski definition) is 5. The number of hydrogen-bond acceptors (Lipinski definition) is 6. The molecule has 0 bridgehead atoms. The van der Waals surface area contributed by atoms with E-state index in [1.165, 1.54) is 12.1 Å². The Morgan fingerprint density at radius 1 is 0.778 bits per heavy atom. The van der Waals surface area contributed by atoms with Crippen LogP contribution in [0.2, 0.25) is 0 Å². The number of aromatic amines is 1. The van der Waals surface area contributed by atoms with Crippen molar-refractivity contribution in [3.8, 4) is 28.5 Å². The number of H-pyrrole nitrogens is 1. The first-order valence-corrected chi connectivity index (χ1v) is 11.6. The first-order valence-electron chi connectivity index (χ1n) is 11.6. The molecule has 4 aromatic carbocycles. The minimum absolute atomic E-state index is 0.131. The zero-order valence-corrected chi connectivity index (χ0v) is 19.4. The van der Waals surface area contributed by atoms with Gasteiger partial charge in [0.1, 0.15) is 5.75 Å². The number of nitrogens with zero attached hydrogens (tertiary/aromatic N) is 1. The van der Waals surface area contributed by atoms with Gasteiger partial charge in [0.05, 0.1) is 5.69 Å². The Morgan fingerprint density at radius 3 is 2.33 bits per heavy atom. The van der Waals surface area contributed by atoms with Crippen LogP contribution < -0.4 is 10.9 Å². The number of fused-ring (bicyclic) bond motifs is 1. The summed E-state index contributed by atoms with van der Waals surface area (Å²) in [4.78, 5) is 20.9. The van der Waals surface area contributed by atoms with Crippen LogP contribution in [-0.4, -0.2) is 31.8 Å². The van der Waals surface area contributed by atoms with Crippen LogP contribution in [0.4, 0.5) is 5.95 Å². The van der Waals surface area contributed by atoms with E-state index in [0.29, 0.717) is 35.7 Å². The molecule has 0 unspecified atom stereocenters. The van der Waals surface area contributed by atoms with Gasteiger partial charge in [-0.15, -0.1) is 0 Å². The van der Waals surface area contributed by atoms with E-state index in [9.17, 15) is 20.1 Å². The highest BCUT2D eigenvalue weighted by Gasteiger charge is 2.17. The quantitative estimate of drug-likeness (QED) is 0.211. The van der Waals surface area contributed by atoms with Gasteiger partial charge in [-0.3, -0.25) is 9.78 Å². The van der Waals surface area contributed by atoms with Crippen molar-refractivity contribution in [2.24, 2.45) is 0 Å². The molecule has 7 nitrogen and oxygen atoms in total. The number of aromatic hydroxyl groups is 3. The predicted octanol–water partition coefficient (Wildman–Crippen LogP) is 4.95. The van der Waals surface area contributed by atoms with Crippen LogP contribution >= 0.6 is 0 Å². The van der Waals surface area contributed by atoms with Crippen molar-refractivity contribution in [3.05, 3.63) is 112 Å². The highest BCUT2D eigenvalue weighted by Crippen LogP contribution is 2.31. The standard InChI is InChI=1S/C29H25N3O4/c33-24-13-11-19-6-4-5-9-21(19)22(24)17-23-27(20-7-2-1-3-8-20)31-29(32-28(23)36)30-15-14-18-10-12-25(34)26(35)16-18/h1-13,16,33-35H,14-15,17H2,(H2,30,31,32,36). The molecule has 1 aromatic heterocycles. The van der Waals surface area contributed by atoms with Gasteiger partial charge in [0, 0.05) is 29.7 Å². The van der Waals surface area contributed by atoms with Gasteiger partial charge in [0.25, 0.3) is 5.56 Å². The fraction of sp³-hybridized carbons (Fsp3) is 0.103. The molecule has 0 amide bonds. The third kappa shape index (κ3) is 4.72. The van der Waals surface area contributed by atoms with Crippen LogP contribution in [-0.2, 0) is 12.8 Å². The van der Waals surface area contributed by atoms with Gasteiger partial charge in [-0.1, -0.05) is 66.7 Å². The summed E-state index contributed by atoms with van der Waals surface area (Å²) < 4.78 is 0. The summed E-state index contributed by atoms with van der Waals surface area (Å²) in [5, 5.41) is 34.9. The third-order valence-corrected chi connectivity index (χ3v) is 6.18. The summed E-state index contributed by atoms with van der Waals surface area (Å²) in [6.07, 6.45) is 0.761. The van der Waals surface area contributed by atoms with E-state index >= 15 is 0 Å². The second-order valence-corrected chi connectivity index (χ2v) is 8.57. The van der Waals surface area contributed by atoms with Gasteiger partial charge in [0.15, 0.2) is 11.5 Å². The van der Waals surface area contributed by atoms with Crippen LogP contribution in [0.5, 0.6) is 17.2 Å². The second-order valence-electron chi connectivity index (χ2n) is 8.57. The third-order valence-electron chi connectivity index (χ3n) is 6.18. The number of rotatable bonds is 7. The second kappa shape index (κ2) is 9.84. The van der Waals surface area contributed by atoms with E-state index in [4.69, 9.17) is 4.98 Å². The van der Waals surface area contributed by atoms with E-state index in [1.54, 1.807) is 12.1 Å². The number of benzene rings is 4. The van der Waals surface area contributed by atoms with Crippen molar-refractivity contribution >= 4 is 16.7 Å². The number of phenolic OH excluding ortho intramolecular Hbond substituents is 3. The van der Waals surface area contributed by atoms with E-state index in [0.717, 1.165) is 21.9 Å². The van der Waals surface area contributed by atoms with E-state index in [2.05, 4.69) is 10.3 Å². The molecule has 7 heteroatoms. The van der Waals surface area contributed by atoms with Gasteiger partial charge in [-0.2, -0.15) is 0 Å². The zero-order valence-electron chi connectivity index (χ0n) is 19.4. The van der Waals surface area contributed by atoms with Crippen LogP contribution in [0.3, 0.4) is 0 Å². The van der Waals surface area contributed by atoms with E-state index in [1.807, 2.05) is 60.7 Å². The van der Waals surface area contributed by atoms with Gasteiger partial charge >= 0.3 is 0 Å². The van der Waals surface area contributed by atoms with Gasteiger partial charge in [-0.05, 0) is 41.0 Å². The van der Waals surface area contributed by atoms with Gasteiger partial charge in [0.2, 0.25) is 5.95 Å². The van der Waals surface area contributed by atoms with Crippen molar-refractivity contribution in [1.29, 1.82) is 0 Å². The molecule has 0 aliphatic heterocycles. The molecule has 0 aliphatic rings. The van der Waals surface area contributed by atoms with Crippen molar-refractivity contribution in [1.82, 2.24) is 9.97 Å². The molecule has 5 aromatic rings. The number of aromatic nitrogens is 2. The van der Waals surface area contributed by atoms with Gasteiger partial charge in [-0.25, -0.2) is 4.98 Å². The number of anilines is 1. The van der Waals surface area contributed by atoms with Gasteiger partial charge < -0.3 is 20.6 Å². The molecule has 0 saturated carbocycles. The van der Waals surface area contributed by atoms with Crippen molar-refractivity contribution in [3.63, 3.8) is 0 Å². The molecule has 180 valence electrons. The summed E-state index contributed by atoms with van der Waals surface area (Å²) in [6.45, 7) is 0.449. The lowest BCUT2D eigenvalue weighted by Crippen LogP contribution is -2.20. The number of phenols is 3. The van der Waals surface area contributed by atoms with Crippen molar-refractivity contribution in [2.45, 2.75) is 12.8 Å². The molecular weight excluding hydrogens is 454 g/mol. The Labute approximate surface area is 207 Å². The van der Waals surface area contributed by atoms with Crippen LogP contribution in [0.15, 0.2) is 89.7 Å². The molecule has 0 atom stereocenters. The van der Waals surface area contributed by atoms with Crippen molar-refractivity contribution < 1.29 is 15.3 Å². The smallest absolute Gasteiger partial charge is 0.256 e. The molecule has 0 aliphatic carbocycles. The summed E-state index contributed by atoms with van der Waals surface area (Å²) in [5.74, 6) is 0.115. The summed E-state index contributed by atoms with van der Waals surface area (Å²) >= 11 is 0. The molecule has 5 rings (SSSR count). The first-order chi connectivity index (χ1) is 17.5. The minimum atomic E-state index is -0.291.